The first-order valence-corrected chi connectivity index (χ1v) is 11.4. The second-order valence-corrected chi connectivity index (χ2v) is 8.45. The highest BCUT2D eigenvalue weighted by Crippen LogP contribution is 2.24. The number of carbonyl (C=O) groups excluding carboxylic acids is 2. The molecule has 0 aliphatic heterocycles. The third kappa shape index (κ3) is 6.80. The van der Waals surface area contributed by atoms with E-state index < -0.39 is 11.9 Å². The Balaban J connectivity index is 1.97. The van der Waals surface area contributed by atoms with Crippen molar-refractivity contribution in [3.8, 4) is 0 Å². The molecule has 172 valence electrons. The van der Waals surface area contributed by atoms with Gasteiger partial charge in [0.25, 0.3) is 0 Å². The maximum atomic E-state index is 14.5. The summed E-state index contributed by atoms with van der Waals surface area (Å²) in [7, 11) is 0. The molecule has 3 rings (SSSR count). The van der Waals surface area contributed by atoms with Gasteiger partial charge in [0, 0.05) is 25.1 Å². The molecule has 3 aromatic rings. The summed E-state index contributed by atoms with van der Waals surface area (Å²) in [4.78, 5) is 28.0. The summed E-state index contributed by atoms with van der Waals surface area (Å²) < 4.78 is 14.5. The Morgan fingerprint density at radius 3 is 2.30 bits per heavy atom. The van der Waals surface area contributed by atoms with E-state index >= 15 is 0 Å². The summed E-state index contributed by atoms with van der Waals surface area (Å²) in [6.45, 7) is 2.19. The number of hydrogen-bond acceptors (Lipinski definition) is 2. The first-order chi connectivity index (χ1) is 15.9. The topological polar surface area (TPSA) is 49.4 Å². The number of rotatable bonds is 9. The molecule has 0 radical (unpaired) electrons. The van der Waals surface area contributed by atoms with Gasteiger partial charge in [0.15, 0.2) is 0 Å². The molecule has 7 heteroatoms. The molecule has 4 nitrogen and oxygen atoms in total. The van der Waals surface area contributed by atoms with Gasteiger partial charge in [-0.1, -0.05) is 77.8 Å². The molecule has 0 spiro atoms. The van der Waals surface area contributed by atoms with Gasteiger partial charge >= 0.3 is 0 Å². The van der Waals surface area contributed by atoms with Crippen LogP contribution in [0, 0.1) is 5.82 Å². The molecular formula is C26H25Cl2FN2O2. The van der Waals surface area contributed by atoms with Crippen LogP contribution in [0.3, 0.4) is 0 Å². The molecule has 0 heterocycles. The van der Waals surface area contributed by atoms with E-state index in [1.807, 2.05) is 37.3 Å². The van der Waals surface area contributed by atoms with Gasteiger partial charge in [-0.3, -0.25) is 9.59 Å². The summed E-state index contributed by atoms with van der Waals surface area (Å²) in [5.74, 6) is -1.04. The summed E-state index contributed by atoms with van der Waals surface area (Å²) >= 11 is 12.1. The van der Waals surface area contributed by atoms with Crippen molar-refractivity contribution in [2.45, 2.75) is 32.4 Å². The van der Waals surface area contributed by atoms with E-state index in [1.165, 1.54) is 11.0 Å². The molecule has 0 saturated carbocycles. The summed E-state index contributed by atoms with van der Waals surface area (Å²) in [6.07, 6.45) is 0.296. The SMILES string of the molecule is CCNC(=O)[C@H](Cc1ccccc1)N(Cc1ccccc1F)C(=O)Cc1ccc(Cl)c(Cl)c1. The fraction of sp³-hybridized carbons (Fsp3) is 0.231. The van der Waals surface area contributed by atoms with Crippen LogP contribution in [0.5, 0.6) is 0 Å². The predicted molar refractivity (Wildman–Crippen MR) is 130 cm³/mol. The number of halogens is 3. The van der Waals surface area contributed by atoms with Crippen LogP contribution in [0.25, 0.3) is 0 Å². The smallest absolute Gasteiger partial charge is 0.243 e. The molecule has 33 heavy (non-hydrogen) atoms. The Morgan fingerprint density at radius 2 is 1.64 bits per heavy atom. The fourth-order valence-electron chi connectivity index (χ4n) is 3.58. The van der Waals surface area contributed by atoms with E-state index in [2.05, 4.69) is 5.32 Å². The zero-order valence-corrected chi connectivity index (χ0v) is 19.7. The molecule has 3 aromatic carbocycles. The van der Waals surface area contributed by atoms with E-state index in [9.17, 15) is 14.0 Å². The van der Waals surface area contributed by atoms with Crippen LogP contribution in [0.1, 0.15) is 23.6 Å². The quantitative estimate of drug-likeness (QED) is 0.437. The summed E-state index contributed by atoms with van der Waals surface area (Å²) in [6, 6.07) is 19.8. The minimum atomic E-state index is -0.817. The second kappa shape index (κ2) is 11.8. The van der Waals surface area contributed by atoms with Crippen molar-refractivity contribution >= 4 is 35.0 Å². The summed E-state index contributed by atoms with van der Waals surface area (Å²) in [5.41, 5.74) is 1.89. The van der Waals surface area contributed by atoms with Crippen LogP contribution >= 0.6 is 23.2 Å². The molecule has 0 fully saturated rings. The number of benzene rings is 3. The van der Waals surface area contributed by atoms with E-state index in [-0.39, 0.29) is 24.8 Å². The van der Waals surface area contributed by atoms with Crippen LogP contribution < -0.4 is 5.32 Å². The lowest BCUT2D eigenvalue weighted by atomic mass is 10.0. The van der Waals surface area contributed by atoms with Crippen molar-refractivity contribution in [2.24, 2.45) is 0 Å². The van der Waals surface area contributed by atoms with E-state index in [0.29, 0.717) is 34.1 Å². The molecule has 0 aromatic heterocycles. The van der Waals surface area contributed by atoms with Gasteiger partial charge in [0.2, 0.25) is 11.8 Å². The Bertz CT molecular complexity index is 1110. The predicted octanol–water partition coefficient (Wildman–Crippen LogP) is 5.45. The minimum absolute atomic E-state index is 0.00393. The van der Waals surface area contributed by atoms with Crippen molar-refractivity contribution in [1.82, 2.24) is 10.2 Å². The van der Waals surface area contributed by atoms with Gasteiger partial charge in [0.1, 0.15) is 11.9 Å². The van der Waals surface area contributed by atoms with Crippen molar-refractivity contribution < 1.29 is 14.0 Å². The average molecular weight is 487 g/mol. The number of hydrogen-bond donors (Lipinski definition) is 1. The zero-order valence-electron chi connectivity index (χ0n) is 18.2. The molecule has 0 aliphatic carbocycles. The fourth-order valence-corrected chi connectivity index (χ4v) is 3.90. The third-order valence-electron chi connectivity index (χ3n) is 5.26. The van der Waals surface area contributed by atoms with E-state index in [4.69, 9.17) is 23.2 Å². The third-order valence-corrected chi connectivity index (χ3v) is 6.00. The first-order valence-electron chi connectivity index (χ1n) is 10.7. The van der Waals surface area contributed by atoms with Crippen molar-refractivity contribution in [2.75, 3.05) is 6.54 Å². The van der Waals surface area contributed by atoms with Crippen LogP contribution in [-0.4, -0.2) is 29.3 Å². The van der Waals surface area contributed by atoms with Gasteiger partial charge in [-0.2, -0.15) is 0 Å². The van der Waals surface area contributed by atoms with Crippen molar-refractivity contribution in [3.63, 3.8) is 0 Å². The first kappa shape index (κ1) is 24.7. The maximum Gasteiger partial charge on any atom is 0.243 e. The van der Waals surface area contributed by atoms with Gasteiger partial charge in [-0.25, -0.2) is 4.39 Å². The number of nitrogens with one attached hydrogen (secondary N) is 1. The monoisotopic (exact) mass is 486 g/mol. The number of likely N-dealkylation sites (N-methyl/N-ethyl adjacent to an activating group) is 1. The number of carbonyl (C=O) groups is 2. The largest absolute Gasteiger partial charge is 0.355 e. The van der Waals surface area contributed by atoms with Crippen molar-refractivity contribution in [1.29, 1.82) is 0 Å². The van der Waals surface area contributed by atoms with Gasteiger partial charge in [-0.15, -0.1) is 0 Å². The second-order valence-electron chi connectivity index (χ2n) is 7.64. The molecule has 0 saturated heterocycles. The minimum Gasteiger partial charge on any atom is -0.355 e. The lowest BCUT2D eigenvalue weighted by molar-refractivity contribution is -0.140. The lowest BCUT2D eigenvalue weighted by Crippen LogP contribution is -2.51. The molecule has 1 atom stereocenters. The van der Waals surface area contributed by atoms with Gasteiger partial charge in [-0.05, 0) is 36.2 Å². The maximum absolute atomic E-state index is 14.5. The summed E-state index contributed by atoms with van der Waals surface area (Å²) in [5, 5.41) is 3.55. The van der Waals surface area contributed by atoms with Crippen LogP contribution in [-0.2, 0) is 29.0 Å². The lowest BCUT2D eigenvalue weighted by Gasteiger charge is -2.31. The Labute approximate surface area is 203 Å². The zero-order chi connectivity index (χ0) is 23.8. The molecule has 2 amide bonds. The Morgan fingerprint density at radius 1 is 0.939 bits per heavy atom. The molecule has 0 aliphatic rings. The van der Waals surface area contributed by atoms with Crippen molar-refractivity contribution in [3.05, 3.63) is 105 Å². The van der Waals surface area contributed by atoms with Crippen LogP contribution in [0.2, 0.25) is 10.0 Å². The highest BCUT2D eigenvalue weighted by molar-refractivity contribution is 6.42. The Kier molecular flexibility index (Phi) is 8.87. The number of nitrogens with zero attached hydrogens (tertiary/aromatic N) is 1. The van der Waals surface area contributed by atoms with Crippen LogP contribution in [0.15, 0.2) is 72.8 Å². The van der Waals surface area contributed by atoms with E-state index in [0.717, 1.165) is 5.56 Å². The molecule has 1 N–H and O–H groups in total. The standard InChI is InChI=1S/C26H25Cl2FN2O2/c1-2-30-26(33)24(15-18-8-4-3-5-9-18)31(17-20-10-6-7-11-23(20)29)25(32)16-19-12-13-21(27)22(28)14-19/h3-14,24H,2,15-17H2,1H3,(H,30,33)/t24-/m0/s1. The highest BCUT2D eigenvalue weighted by atomic mass is 35.5. The van der Waals surface area contributed by atoms with E-state index in [1.54, 1.807) is 36.4 Å². The number of amides is 2. The highest BCUT2D eigenvalue weighted by Gasteiger charge is 2.30. The Hall–Kier alpha value is -2.89. The molecular weight excluding hydrogens is 462 g/mol. The van der Waals surface area contributed by atoms with Gasteiger partial charge < -0.3 is 10.2 Å². The average Bonchev–Trinajstić information content (AvgIpc) is 2.80. The molecule has 0 bridgehead atoms. The molecule has 0 unspecified atom stereocenters. The van der Waals surface area contributed by atoms with Crippen LogP contribution in [0.4, 0.5) is 4.39 Å². The normalized spacial score (nSPS) is 11.6. The van der Waals surface area contributed by atoms with Gasteiger partial charge in [0.05, 0.1) is 16.5 Å².